The lowest BCUT2D eigenvalue weighted by atomic mass is 10.3. The Morgan fingerprint density at radius 3 is 2.60 bits per heavy atom. The van der Waals surface area contributed by atoms with Crippen LogP contribution in [-0.4, -0.2) is 59.1 Å². The van der Waals surface area contributed by atoms with Gasteiger partial charge in [0.05, 0.1) is 25.9 Å². The monoisotopic (exact) mass is 220 g/mol. The van der Waals surface area contributed by atoms with Crippen molar-refractivity contribution in [3.8, 4) is 0 Å². The molecule has 90 valence electrons. The summed E-state index contributed by atoms with van der Waals surface area (Å²) in [4.78, 5) is 11.3. The smallest absolute Gasteiger partial charge is 0.246 e. The summed E-state index contributed by atoms with van der Waals surface area (Å²) >= 11 is 0. The lowest BCUT2D eigenvalue weighted by Crippen LogP contribution is -2.44. The van der Waals surface area contributed by atoms with E-state index in [-0.39, 0.29) is 18.6 Å². The summed E-state index contributed by atoms with van der Waals surface area (Å²) in [5.41, 5.74) is 5.43. The van der Waals surface area contributed by atoms with Crippen molar-refractivity contribution in [1.29, 1.82) is 0 Å². The molecule has 0 aromatic rings. The number of hydrogen-bond donors (Lipinski definition) is 2. The number of hydrogen-bond acceptors (Lipinski definition) is 5. The number of carbonyl (C=O) groups excluding carboxylic acids is 1. The molecule has 1 atom stereocenters. The summed E-state index contributed by atoms with van der Waals surface area (Å²) < 4.78 is 14.7. The van der Waals surface area contributed by atoms with Gasteiger partial charge in [-0.05, 0) is 0 Å². The van der Waals surface area contributed by atoms with Crippen molar-refractivity contribution >= 4 is 5.91 Å². The van der Waals surface area contributed by atoms with E-state index in [1.54, 1.807) is 14.2 Å². The fraction of sp³-hybridized carbons (Fsp3) is 0.889. The van der Waals surface area contributed by atoms with Crippen LogP contribution in [0, 0.1) is 0 Å². The van der Waals surface area contributed by atoms with Gasteiger partial charge < -0.3 is 25.3 Å². The lowest BCUT2D eigenvalue weighted by Gasteiger charge is -2.15. The van der Waals surface area contributed by atoms with E-state index in [0.717, 1.165) is 0 Å². The van der Waals surface area contributed by atoms with Gasteiger partial charge in [0.2, 0.25) is 5.91 Å². The summed E-state index contributed by atoms with van der Waals surface area (Å²) in [6.45, 7) is 1.65. The number of carbonyl (C=O) groups is 1. The van der Waals surface area contributed by atoms with Gasteiger partial charge in [-0.1, -0.05) is 0 Å². The van der Waals surface area contributed by atoms with Crippen LogP contribution in [0.25, 0.3) is 0 Å². The summed E-state index contributed by atoms with van der Waals surface area (Å²) in [7, 11) is 3.14. The molecule has 15 heavy (non-hydrogen) atoms. The molecule has 1 unspecified atom stereocenters. The highest BCUT2D eigenvalue weighted by Gasteiger charge is 2.09. The number of rotatable bonds is 9. The maximum Gasteiger partial charge on any atom is 0.246 e. The third-order valence-corrected chi connectivity index (χ3v) is 1.68. The third-order valence-electron chi connectivity index (χ3n) is 1.68. The highest BCUT2D eigenvalue weighted by molar-refractivity contribution is 5.77. The van der Waals surface area contributed by atoms with Crippen LogP contribution < -0.4 is 11.1 Å². The number of methoxy groups -OCH3 is 2. The van der Waals surface area contributed by atoms with Crippen LogP contribution in [0.15, 0.2) is 0 Å². The van der Waals surface area contributed by atoms with E-state index in [2.05, 4.69) is 5.32 Å². The van der Waals surface area contributed by atoms with Gasteiger partial charge in [0, 0.05) is 20.8 Å². The highest BCUT2D eigenvalue weighted by atomic mass is 16.5. The minimum absolute atomic E-state index is 0.0174. The molecule has 0 aromatic heterocycles. The molecule has 0 heterocycles. The first-order chi connectivity index (χ1) is 7.24. The van der Waals surface area contributed by atoms with Gasteiger partial charge in [-0.2, -0.15) is 0 Å². The standard InChI is InChI=1S/C9H20N2O4/c1-13-3-4-15-7-9(12)11-8(5-10)6-14-2/h8H,3-7,10H2,1-2H3,(H,11,12). The summed E-state index contributed by atoms with van der Waals surface area (Å²) in [5, 5.41) is 2.69. The van der Waals surface area contributed by atoms with Crippen LogP contribution in [0.2, 0.25) is 0 Å². The quantitative estimate of drug-likeness (QED) is 0.474. The van der Waals surface area contributed by atoms with Crippen molar-refractivity contribution in [3.63, 3.8) is 0 Å². The molecular formula is C9H20N2O4. The van der Waals surface area contributed by atoms with Crippen molar-refractivity contribution in [1.82, 2.24) is 5.32 Å². The Labute approximate surface area is 90.1 Å². The first kappa shape index (κ1) is 14.3. The molecule has 0 saturated heterocycles. The molecule has 0 aliphatic heterocycles. The Kier molecular flexibility index (Phi) is 9.40. The second kappa shape index (κ2) is 9.85. The topological polar surface area (TPSA) is 82.8 Å². The van der Waals surface area contributed by atoms with Crippen molar-refractivity contribution in [3.05, 3.63) is 0 Å². The van der Waals surface area contributed by atoms with E-state index in [0.29, 0.717) is 26.4 Å². The Morgan fingerprint density at radius 1 is 1.33 bits per heavy atom. The normalized spacial score (nSPS) is 12.5. The summed E-state index contributed by atoms with van der Waals surface area (Å²) in [5.74, 6) is -0.196. The second-order valence-corrected chi connectivity index (χ2v) is 3.00. The highest BCUT2D eigenvalue weighted by Crippen LogP contribution is 1.83. The molecule has 0 bridgehead atoms. The van der Waals surface area contributed by atoms with Gasteiger partial charge in [0.15, 0.2) is 0 Å². The van der Waals surface area contributed by atoms with Crippen molar-refractivity contribution in [2.24, 2.45) is 5.73 Å². The Balaban J connectivity index is 3.52. The maximum absolute atomic E-state index is 11.3. The molecule has 0 rings (SSSR count). The molecule has 0 aliphatic carbocycles. The zero-order chi connectivity index (χ0) is 11.5. The Hall–Kier alpha value is -0.690. The van der Waals surface area contributed by atoms with Crippen molar-refractivity contribution in [2.45, 2.75) is 6.04 Å². The van der Waals surface area contributed by atoms with Crippen LogP contribution in [0.1, 0.15) is 0 Å². The minimum atomic E-state index is -0.196. The van der Waals surface area contributed by atoms with Gasteiger partial charge in [-0.25, -0.2) is 0 Å². The predicted molar refractivity (Wildman–Crippen MR) is 55.6 cm³/mol. The molecule has 0 aliphatic rings. The van der Waals surface area contributed by atoms with E-state index in [1.807, 2.05) is 0 Å². The molecule has 1 amide bonds. The maximum atomic E-state index is 11.3. The minimum Gasteiger partial charge on any atom is -0.383 e. The number of nitrogens with one attached hydrogen (secondary N) is 1. The number of ether oxygens (including phenoxy) is 3. The molecule has 0 saturated carbocycles. The molecule has 0 fully saturated rings. The van der Waals surface area contributed by atoms with Crippen LogP contribution >= 0.6 is 0 Å². The van der Waals surface area contributed by atoms with Gasteiger partial charge in [-0.15, -0.1) is 0 Å². The SMILES string of the molecule is COCCOCC(=O)NC(CN)COC. The van der Waals surface area contributed by atoms with E-state index in [4.69, 9.17) is 19.9 Å². The lowest BCUT2D eigenvalue weighted by molar-refractivity contribution is -0.127. The van der Waals surface area contributed by atoms with E-state index < -0.39 is 0 Å². The van der Waals surface area contributed by atoms with Crippen LogP contribution in [-0.2, 0) is 19.0 Å². The average Bonchev–Trinajstić information content (AvgIpc) is 2.24. The molecule has 0 aromatic carbocycles. The molecule has 6 heteroatoms. The zero-order valence-electron chi connectivity index (χ0n) is 9.32. The molecule has 6 nitrogen and oxygen atoms in total. The molecular weight excluding hydrogens is 200 g/mol. The summed E-state index contributed by atoms with van der Waals surface area (Å²) in [6, 6.07) is -0.159. The predicted octanol–water partition coefficient (Wildman–Crippen LogP) is -1.26. The number of nitrogens with two attached hydrogens (primary N) is 1. The van der Waals surface area contributed by atoms with Crippen molar-refractivity contribution < 1.29 is 19.0 Å². The second-order valence-electron chi connectivity index (χ2n) is 3.00. The van der Waals surface area contributed by atoms with Crippen LogP contribution in [0.5, 0.6) is 0 Å². The summed E-state index contributed by atoms with van der Waals surface area (Å²) in [6.07, 6.45) is 0. The largest absolute Gasteiger partial charge is 0.383 e. The third kappa shape index (κ3) is 8.31. The average molecular weight is 220 g/mol. The van der Waals surface area contributed by atoms with Gasteiger partial charge >= 0.3 is 0 Å². The Bertz CT molecular complexity index is 166. The zero-order valence-corrected chi connectivity index (χ0v) is 9.32. The van der Waals surface area contributed by atoms with E-state index >= 15 is 0 Å². The number of amides is 1. The van der Waals surface area contributed by atoms with Crippen LogP contribution in [0.4, 0.5) is 0 Å². The van der Waals surface area contributed by atoms with Gasteiger partial charge in [0.25, 0.3) is 0 Å². The van der Waals surface area contributed by atoms with Crippen LogP contribution in [0.3, 0.4) is 0 Å². The van der Waals surface area contributed by atoms with Crippen molar-refractivity contribution in [2.75, 3.05) is 47.2 Å². The molecule has 0 radical (unpaired) electrons. The van der Waals surface area contributed by atoms with E-state index in [9.17, 15) is 4.79 Å². The van der Waals surface area contributed by atoms with Gasteiger partial charge in [-0.3, -0.25) is 4.79 Å². The fourth-order valence-electron chi connectivity index (χ4n) is 0.946. The molecule has 3 N–H and O–H groups in total. The first-order valence-electron chi connectivity index (χ1n) is 4.79. The molecule has 0 spiro atoms. The fourth-order valence-corrected chi connectivity index (χ4v) is 0.946. The van der Waals surface area contributed by atoms with Gasteiger partial charge in [0.1, 0.15) is 6.61 Å². The Morgan fingerprint density at radius 2 is 2.07 bits per heavy atom. The van der Waals surface area contributed by atoms with E-state index in [1.165, 1.54) is 0 Å². The first-order valence-corrected chi connectivity index (χ1v) is 4.79.